The second-order valence-corrected chi connectivity index (χ2v) is 4.60. The third-order valence-electron chi connectivity index (χ3n) is 2.89. The van der Waals surface area contributed by atoms with Crippen molar-refractivity contribution in [2.24, 2.45) is 10.7 Å². The molecule has 2 rings (SSSR count). The largest absolute Gasteiger partial charge is 0.370 e. The van der Waals surface area contributed by atoms with E-state index in [0.29, 0.717) is 17.7 Å². The van der Waals surface area contributed by atoms with E-state index < -0.39 is 0 Å². The molecular weight excluding hydrogens is 236 g/mol. The summed E-state index contributed by atoms with van der Waals surface area (Å²) >= 11 is 5.72. The summed E-state index contributed by atoms with van der Waals surface area (Å²) in [6.45, 7) is 2.61. The number of hydrogen-bond acceptors (Lipinski definition) is 2. The summed E-state index contributed by atoms with van der Waals surface area (Å²) in [5.41, 5.74) is 6.98. The second kappa shape index (κ2) is 5.87. The molecule has 0 saturated carbocycles. The lowest BCUT2D eigenvalue weighted by Crippen LogP contribution is -2.40. The summed E-state index contributed by atoms with van der Waals surface area (Å²) in [5.74, 6) is 0.639. The molecule has 2 heterocycles. The zero-order valence-electron chi connectivity index (χ0n) is 9.77. The Morgan fingerprint density at radius 1 is 1.35 bits per heavy atom. The molecule has 0 aliphatic carbocycles. The third-order valence-corrected chi connectivity index (χ3v) is 3.12. The molecule has 1 saturated heterocycles. The molecule has 0 aromatic carbocycles. The van der Waals surface area contributed by atoms with Crippen molar-refractivity contribution >= 4 is 17.6 Å². The first-order valence-electron chi connectivity index (χ1n) is 5.91. The standard InChI is InChI=1S/C12H17ClN4/c13-11-5-4-10(8-15-11)9-16-12(14)17-6-2-1-3-7-17/h4-5,8H,1-3,6-7,9H2,(H2,14,16). The molecule has 4 nitrogen and oxygen atoms in total. The fraction of sp³-hybridized carbons (Fsp3) is 0.500. The highest BCUT2D eigenvalue weighted by atomic mass is 35.5. The molecule has 0 radical (unpaired) electrons. The van der Waals surface area contributed by atoms with Gasteiger partial charge >= 0.3 is 0 Å². The number of hydrogen-bond donors (Lipinski definition) is 1. The topological polar surface area (TPSA) is 54.5 Å². The lowest BCUT2D eigenvalue weighted by Gasteiger charge is -2.27. The van der Waals surface area contributed by atoms with Gasteiger partial charge in [0.15, 0.2) is 5.96 Å². The van der Waals surface area contributed by atoms with Gasteiger partial charge in [-0.25, -0.2) is 9.98 Å². The molecule has 1 aliphatic heterocycles. The van der Waals surface area contributed by atoms with Crippen molar-refractivity contribution in [2.45, 2.75) is 25.8 Å². The van der Waals surface area contributed by atoms with E-state index in [-0.39, 0.29) is 0 Å². The average molecular weight is 253 g/mol. The smallest absolute Gasteiger partial charge is 0.191 e. The lowest BCUT2D eigenvalue weighted by atomic mass is 10.1. The normalized spacial score (nSPS) is 17.2. The molecule has 1 aliphatic rings. The molecule has 1 aromatic heterocycles. The van der Waals surface area contributed by atoms with E-state index in [0.717, 1.165) is 18.7 Å². The third kappa shape index (κ3) is 3.60. The quantitative estimate of drug-likeness (QED) is 0.498. The minimum absolute atomic E-state index is 0.502. The first kappa shape index (κ1) is 12.2. The molecule has 0 amide bonds. The summed E-state index contributed by atoms with van der Waals surface area (Å²) in [6.07, 6.45) is 5.44. The number of guanidine groups is 1. The maximum atomic E-state index is 5.96. The van der Waals surface area contributed by atoms with E-state index in [1.807, 2.05) is 6.07 Å². The number of rotatable bonds is 2. The number of halogens is 1. The van der Waals surface area contributed by atoms with Crippen LogP contribution >= 0.6 is 11.6 Å². The number of aliphatic imine (C=N–C) groups is 1. The van der Waals surface area contributed by atoms with Crippen molar-refractivity contribution in [3.8, 4) is 0 Å². The summed E-state index contributed by atoms with van der Waals surface area (Å²) in [5, 5.41) is 0.502. The molecule has 92 valence electrons. The molecule has 2 N–H and O–H groups in total. The van der Waals surface area contributed by atoms with Crippen LogP contribution in [0.2, 0.25) is 5.15 Å². The van der Waals surface area contributed by atoms with Crippen LogP contribution in [0, 0.1) is 0 Å². The Morgan fingerprint density at radius 2 is 2.12 bits per heavy atom. The van der Waals surface area contributed by atoms with E-state index in [1.165, 1.54) is 19.3 Å². The fourth-order valence-corrected chi connectivity index (χ4v) is 2.01. The van der Waals surface area contributed by atoms with Crippen LogP contribution in [0.25, 0.3) is 0 Å². The Labute approximate surface area is 106 Å². The van der Waals surface area contributed by atoms with Crippen molar-refractivity contribution in [3.05, 3.63) is 29.0 Å². The van der Waals surface area contributed by atoms with Crippen molar-refractivity contribution in [1.82, 2.24) is 9.88 Å². The number of nitrogens with zero attached hydrogens (tertiary/aromatic N) is 3. The number of nitrogens with two attached hydrogens (primary N) is 1. The Bertz CT molecular complexity index is 382. The van der Waals surface area contributed by atoms with Crippen LogP contribution in [0.4, 0.5) is 0 Å². The Hall–Kier alpha value is -1.29. The zero-order chi connectivity index (χ0) is 12.1. The molecule has 5 heteroatoms. The first-order valence-corrected chi connectivity index (χ1v) is 6.29. The van der Waals surface area contributed by atoms with Crippen LogP contribution in [0.15, 0.2) is 23.3 Å². The molecule has 17 heavy (non-hydrogen) atoms. The first-order chi connectivity index (χ1) is 8.25. The molecule has 0 atom stereocenters. The molecular formula is C12H17ClN4. The monoisotopic (exact) mass is 252 g/mol. The maximum Gasteiger partial charge on any atom is 0.191 e. The summed E-state index contributed by atoms with van der Waals surface area (Å²) in [6, 6.07) is 3.69. The fourth-order valence-electron chi connectivity index (χ4n) is 1.90. The number of aromatic nitrogens is 1. The van der Waals surface area contributed by atoms with Crippen molar-refractivity contribution < 1.29 is 0 Å². The Kier molecular flexibility index (Phi) is 4.20. The number of piperidine rings is 1. The van der Waals surface area contributed by atoms with Gasteiger partial charge in [0, 0.05) is 19.3 Å². The van der Waals surface area contributed by atoms with Gasteiger partial charge in [0.05, 0.1) is 6.54 Å². The van der Waals surface area contributed by atoms with E-state index >= 15 is 0 Å². The summed E-state index contributed by atoms with van der Waals surface area (Å²) < 4.78 is 0. The summed E-state index contributed by atoms with van der Waals surface area (Å²) in [7, 11) is 0. The van der Waals surface area contributed by atoms with Crippen LogP contribution in [0.1, 0.15) is 24.8 Å². The minimum atomic E-state index is 0.502. The summed E-state index contributed by atoms with van der Waals surface area (Å²) in [4.78, 5) is 10.5. The van der Waals surface area contributed by atoms with Crippen LogP contribution in [0.3, 0.4) is 0 Å². The van der Waals surface area contributed by atoms with Crippen molar-refractivity contribution in [1.29, 1.82) is 0 Å². The van der Waals surface area contributed by atoms with Gasteiger partial charge in [-0.1, -0.05) is 17.7 Å². The maximum absolute atomic E-state index is 5.96. The van der Waals surface area contributed by atoms with Gasteiger partial charge in [-0.3, -0.25) is 0 Å². The van der Waals surface area contributed by atoms with E-state index in [4.69, 9.17) is 17.3 Å². The van der Waals surface area contributed by atoms with Crippen LogP contribution in [0.5, 0.6) is 0 Å². The zero-order valence-corrected chi connectivity index (χ0v) is 10.5. The van der Waals surface area contributed by atoms with Crippen LogP contribution in [-0.2, 0) is 6.54 Å². The van der Waals surface area contributed by atoms with Gasteiger partial charge in [0.25, 0.3) is 0 Å². The highest BCUT2D eigenvalue weighted by molar-refractivity contribution is 6.29. The Balaban J connectivity index is 1.92. The molecule has 1 aromatic rings. The van der Waals surface area contributed by atoms with E-state index in [9.17, 15) is 0 Å². The van der Waals surface area contributed by atoms with Gasteiger partial charge in [-0.05, 0) is 30.9 Å². The SMILES string of the molecule is NC(=NCc1ccc(Cl)nc1)N1CCCCC1. The predicted octanol–water partition coefficient (Wildman–Crippen LogP) is 2.04. The molecule has 0 unspecified atom stereocenters. The van der Waals surface area contributed by atoms with Crippen molar-refractivity contribution in [3.63, 3.8) is 0 Å². The highest BCUT2D eigenvalue weighted by Crippen LogP contribution is 2.09. The molecule has 0 bridgehead atoms. The number of pyridine rings is 1. The second-order valence-electron chi connectivity index (χ2n) is 4.21. The average Bonchev–Trinajstić information content (AvgIpc) is 2.39. The van der Waals surface area contributed by atoms with Crippen LogP contribution in [-0.4, -0.2) is 28.9 Å². The van der Waals surface area contributed by atoms with Gasteiger partial charge < -0.3 is 10.6 Å². The Morgan fingerprint density at radius 3 is 2.76 bits per heavy atom. The van der Waals surface area contributed by atoms with Crippen molar-refractivity contribution in [2.75, 3.05) is 13.1 Å². The molecule has 1 fully saturated rings. The van der Waals surface area contributed by atoms with E-state index in [2.05, 4.69) is 14.9 Å². The van der Waals surface area contributed by atoms with Crippen LogP contribution < -0.4 is 5.73 Å². The lowest BCUT2D eigenvalue weighted by molar-refractivity contribution is 0.338. The highest BCUT2D eigenvalue weighted by Gasteiger charge is 2.11. The van der Waals surface area contributed by atoms with E-state index in [1.54, 1.807) is 12.3 Å². The minimum Gasteiger partial charge on any atom is -0.370 e. The van der Waals surface area contributed by atoms with Gasteiger partial charge in [-0.2, -0.15) is 0 Å². The van der Waals surface area contributed by atoms with Gasteiger partial charge in [-0.15, -0.1) is 0 Å². The van der Waals surface area contributed by atoms with Gasteiger partial charge in [0.2, 0.25) is 0 Å². The molecule has 0 spiro atoms. The van der Waals surface area contributed by atoms with Gasteiger partial charge in [0.1, 0.15) is 5.15 Å². The predicted molar refractivity (Wildman–Crippen MR) is 70.0 cm³/mol. The number of likely N-dealkylation sites (tertiary alicyclic amines) is 1.